The molecule has 0 bridgehead atoms. The second kappa shape index (κ2) is 4.56. The average Bonchev–Trinajstić information content (AvgIpc) is 2.91. The predicted molar refractivity (Wildman–Crippen MR) is 75.2 cm³/mol. The molecule has 0 saturated carbocycles. The molecule has 1 unspecified atom stereocenters. The normalized spacial score (nSPS) is 20.9. The molecule has 4 heteroatoms. The molecule has 0 spiro atoms. The molecular weight excluding hydrogens is 246 g/mol. The minimum atomic E-state index is 0.480. The Morgan fingerprint density at radius 3 is 2.94 bits per heavy atom. The number of alkyl halides is 1. The van der Waals surface area contributed by atoms with Gasteiger partial charge in [0.25, 0.3) is 0 Å². The number of aryl methyl sites for hydroxylation is 1. The number of fused-ring (bicyclic) bond motifs is 1. The van der Waals surface area contributed by atoms with Gasteiger partial charge in [-0.15, -0.1) is 11.6 Å². The summed E-state index contributed by atoms with van der Waals surface area (Å²) in [7, 11) is 2.17. The van der Waals surface area contributed by atoms with Crippen molar-refractivity contribution < 1.29 is 0 Å². The van der Waals surface area contributed by atoms with Crippen molar-refractivity contribution in [2.45, 2.75) is 25.3 Å². The third-order valence-electron chi connectivity index (χ3n) is 3.77. The van der Waals surface area contributed by atoms with Crippen LogP contribution < -0.4 is 0 Å². The molecule has 2 aromatic rings. The third-order valence-corrected chi connectivity index (χ3v) is 4.01. The highest BCUT2D eigenvalue weighted by Gasteiger charge is 2.24. The molecule has 0 amide bonds. The summed E-state index contributed by atoms with van der Waals surface area (Å²) < 4.78 is 2.34. The Bertz CT molecular complexity index is 576. The predicted octanol–water partition coefficient (Wildman–Crippen LogP) is 2.96. The molecule has 1 aliphatic rings. The smallest absolute Gasteiger partial charge is 0.125 e. The summed E-state index contributed by atoms with van der Waals surface area (Å²) in [5, 5.41) is 0. The maximum absolute atomic E-state index is 6.06. The van der Waals surface area contributed by atoms with Gasteiger partial charge >= 0.3 is 0 Å². The highest BCUT2D eigenvalue weighted by atomic mass is 35.5. The van der Waals surface area contributed by atoms with Gasteiger partial charge in [0.1, 0.15) is 5.82 Å². The van der Waals surface area contributed by atoms with E-state index in [0.29, 0.717) is 11.9 Å². The maximum Gasteiger partial charge on any atom is 0.125 e. The number of imidazole rings is 1. The van der Waals surface area contributed by atoms with Gasteiger partial charge < -0.3 is 9.47 Å². The average molecular weight is 264 g/mol. The van der Waals surface area contributed by atoms with E-state index in [4.69, 9.17) is 11.6 Å². The molecular formula is C14H18ClN3. The fourth-order valence-electron chi connectivity index (χ4n) is 2.88. The van der Waals surface area contributed by atoms with Crippen molar-refractivity contribution in [2.24, 2.45) is 0 Å². The van der Waals surface area contributed by atoms with Crippen molar-refractivity contribution in [3.8, 4) is 0 Å². The number of nitrogens with zero attached hydrogens (tertiary/aromatic N) is 3. The van der Waals surface area contributed by atoms with E-state index in [1.807, 2.05) is 0 Å². The Morgan fingerprint density at radius 1 is 1.44 bits per heavy atom. The van der Waals surface area contributed by atoms with E-state index in [-0.39, 0.29) is 0 Å². The van der Waals surface area contributed by atoms with Crippen LogP contribution in [0.2, 0.25) is 0 Å². The van der Waals surface area contributed by atoms with E-state index < -0.39 is 0 Å². The highest BCUT2D eigenvalue weighted by Crippen LogP contribution is 2.28. The lowest BCUT2D eigenvalue weighted by atomic mass is 10.2. The summed E-state index contributed by atoms with van der Waals surface area (Å²) in [6.07, 6.45) is 1.18. The first kappa shape index (κ1) is 12.0. The van der Waals surface area contributed by atoms with Crippen molar-refractivity contribution in [1.29, 1.82) is 0 Å². The van der Waals surface area contributed by atoms with E-state index in [1.54, 1.807) is 0 Å². The molecule has 18 heavy (non-hydrogen) atoms. The first-order chi connectivity index (χ1) is 8.69. The van der Waals surface area contributed by atoms with Gasteiger partial charge in [-0.05, 0) is 44.6 Å². The second-order valence-corrected chi connectivity index (χ2v) is 5.50. The van der Waals surface area contributed by atoms with Gasteiger partial charge in [0.05, 0.1) is 16.9 Å². The number of halogens is 1. The van der Waals surface area contributed by atoms with Gasteiger partial charge in [0, 0.05) is 12.6 Å². The maximum atomic E-state index is 6.06. The molecule has 0 aliphatic carbocycles. The van der Waals surface area contributed by atoms with Crippen molar-refractivity contribution >= 4 is 22.6 Å². The van der Waals surface area contributed by atoms with Gasteiger partial charge in [-0.2, -0.15) is 0 Å². The van der Waals surface area contributed by atoms with E-state index in [1.165, 1.54) is 17.5 Å². The van der Waals surface area contributed by atoms with Crippen molar-refractivity contribution in [3.63, 3.8) is 0 Å². The number of aromatic nitrogens is 2. The topological polar surface area (TPSA) is 21.1 Å². The number of likely N-dealkylation sites (N-methyl/N-ethyl adjacent to an activating group) is 1. The molecule has 1 aromatic carbocycles. The molecule has 96 valence electrons. The largest absolute Gasteiger partial charge is 0.323 e. The lowest BCUT2D eigenvalue weighted by Crippen LogP contribution is -2.17. The van der Waals surface area contributed by atoms with Gasteiger partial charge in [-0.25, -0.2) is 4.98 Å². The minimum absolute atomic E-state index is 0.480. The Kier molecular flexibility index (Phi) is 3.04. The zero-order valence-electron chi connectivity index (χ0n) is 10.9. The van der Waals surface area contributed by atoms with Crippen LogP contribution >= 0.6 is 11.6 Å². The van der Waals surface area contributed by atoms with E-state index in [2.05, 4.69) is 46.6 Å². The molecule has 1 atom stereocenters. The molecule has 3 nitrogen and oxygen atoms in total. The lowest BCUT2D eigenvalue weighted by Gasteiger charge is -2.16. The number of benzene rings is 1. The first-order valence-electron chi connectivity index (χ1n) is 6.41. The zero-order chi connectivity index (χ0) is 12.7. The number of rotatable bonds is 2. The molecule has 0 N–H and O–H groups in total. The SMILES string of the molecule is Cc1ccc2c(c1)nc(CCl)n2C1CCN(C)C1. The monoisotopic (exact) mass is 263 g/mol. The highest BCUT2D eigenvalue weighted by molar-refractivity contribution is 6.16. The van der Waals surface area contributed by atoms with Crippen LogP contribution in [0.4, 0.5) is 0 Å². The van der Waals surface area contributed by atoms with Crippen LogP contribution in [0.1, 0.15) is 23.9 Å². The van der Waals surface area contributed by atoms with Crippen LogP contribution in [0.25, 0.3) is 11.0 Å². The minimum Gasteiger partial charge on any atom is -0.323 e. The quantitative estimate of drug-likeness (QED) is 0.777. The molecule has 1 fully saturated rings. The molecule has 1 aliphatic heterocycles. The third kappa shape index (κ3) is 1.91. The van der Waals surface area contributed by atoms with Crippen LogP contribution in [0, 0.1) is 6.92 Å². The van der Waals surface area contributed by atoms with Crippen LogP contribution in [-0.2, 0) is 5.88 Å². The fraction of sp³-hybridized carbons (Fsp3) is 0.500. The van der Waals surface area contributed by atoms with Crippen LogP contribution in [0.15, 0.2) is 18.2 Å². The zero-order valence-corrected chi connectivity index (χ0v) is 11.6. The van der Waals surface area contributed by atoms with Crippen molar-refractivity contribution in [3.05, 3.63) is 29.6 Å². The summed E-state index contributed by atoms with van der Waals surface area (Å²) in [4.78, 5) is 7.04. The van der Waals surface area contributed by atoms with Gasteiger partial charge in [-0.3, -0.25) is 0 Å². The summed E-state index contributed by atoms with van der Waals surface area (Å²) in [5.74, 6) is 1.48. The summed E-state index contributed by atoms with van der Waals surface area (Å²) in [6, 6.07) is 6.97. The van der Waals surface area contributed by atoms with Gasteiger partial charge in [0.15, 0.2) is 0 Å². The molecule has 1 aromatic heterocycles. The van der Waals surface area contributed by atoms with Crippen LogP contribution in [0.3, 0.4) is 0 Å². The molecule has 3 rings (SSSR count). The van der Waals surface area contributed by atoms with Crippen molar-refractivity contribution in [2.75, 3.05) is 20.1 Å². The lowest BCUT2D eigenvalue weighted by molar-refractivity contribution is 0.393. The van der Waals surface area contributed by atoms with Crippen molar-refractivity contribution in [1.82, 2.24) is 14.5 Å². The van der Waals surface area contributed by atoms with E-state index in [9.17, 15) is 0 Å². The van der Waals surface area contributed by atoms with Gasteiger partial charge in [0.2, 0.25) is 0 Å². The summed E-state index contributed by atoms with van der Waals surface area (Å²) in [6.45, 7) is 4.34. The summed E-state index contributed by atoms with van der Waals surface area (Å²) >= 11 is 6.06. The molecule has 1 saturated heterocycles. The van der Waals surface area contributed by atoms with Gasteiger partial charge in [-0.1, -0.05) is 6.07 Å². The van der Waals surface area contributed by atoms with E-state index >= 15 is 0 Å². The number of likely N-dealkylation sites (tertiary alicyclic amines) is 1. The number of hydrogen-bond acceptors (Lipinski definition) is 2. The Balaban J connectivity index is 2.13. The first-order valence-corrected chi connectivity index (χ1v) is 6.94. The van der Waals surface area contributed by atoms with Crippen LogP contribution in [-0.4, -0.2) is 34.6 Å². The standard InChI is InChI=1S/C14H18ClN3/c1-10-3-4-13-12(7-10)16-14(8-15)18(13)11-5-6-17(2)9-11/h3-4,7,11H,5-6,8-9H2,1-2H3. The van der Waals surface area contributed by atoms with Crippen LogP contribution in [0.5, 0.6) is 0 Å². The number of hydrogen-bond donors (Lipinski definition) is 0. The summed E-state index contributed by atoms with van der Waals surface area (Å²) in [5.41, 5.74) is 3.54. The Hall–Kier alpha value is -1.06. The molecule has 0 radical (unpaired) electrons. The van der Waals surface area contributed by atoms with E-state index in [0.717, 1.165) is 24.4 Å². The molecule has 2 heterocycles. The second-order valence-electron chi connectivity index (χ2n) is 5.23. The Labute approximate surface area is 112 Å². The fourth-order valence-corrected chi connectivity index (χ4v) is 3.07. The Morgan fingerprint density at radius 2 is 2.28 bits per heavy atom.